The zero-order valence-electron chi connectivity index (χ0n) is 10.3. The minimum absolute atomic E-state index is 0.648. The molecule has 90 valence electrons. The zero-order chi connectivity index (χ0) is 12.7. The smallest absolute Gasteiger partial charge is 0.0837 e. The van der Waals surface area contributed by atoms with Crippen molar-refractivity contribution in [3.63, 3.8) is 0 Å². The highest BCUT2D eigenvalue weighted by Gasteiger charge is 2.09. The number of nitrogens with zero attached hydrogens (tertiary/aromatic N) is 1. The fourth-order valence-electron chi connectivity index (χ4n) is 2.26. The van der Waals surface area contributed by atoms with Crippen molar-refractivity contribution in [2.75, 3.05) is 0 Å². The van der Waals surface area contributed by atoms with E-state index in [1.165, 1.54) is 25.7 Å². The fraction of sp³-hybridized carbons (Fsp3) is 0.133. The molecular weight excluding hydrogens is 242 g/mol. The number of thiophene rings is 1. The monoisotopic (exact) mass is 255 g/mol. The molecule has 0 aliphatic rings. The average Bonchev–Trinajstić information content (AvgIpc) is 2.77. The lowest BCUT2D eigenvalue weighted by Gasteiger charge is -2.02. The van der Waals surface area contributed by atoms with E-state index in [2.05, 4.69) is 48.5 Å². The molecule has 1 heterocycles. The minimum Gasteiger partial charge on any atom is -0.411 e. The van der Waals surface area contributed by atoms with Gasteiger partial charge in [-0.3, -0.25) is 0 Å². The SMILES string of the molecule is C/C(=N\O)c1cc(C)c2sc3ccccc3c2c1. The van der Waals surface area contributed by atoms with Crippen LogP contribution < -0.4 is 0 Å². The highest BCUT2D eigenvalue weighted by Crippen LogP contribution is 2.36. The Hall–Kier alpha value is -1.87. The van der Waals surface area contributed by atoms with Crippen LogP contribution in [-0.4, -0.2) is 10.9 Å². The third-order valence-electron chi connectivity index (χ3n) is 3.23. The van der Waals surface area contributed by atoms with Gasteiger partial charge in [0.1, 0.15) is 0 Å². The van der Waals surface area contributed by atoms with Gasteiger partial charge in [-0.1, -0.05) is 23.4 Å². The highest BCUT2D eigenvalue weighted by molar-refractivity contribution is 7.26. The van der Waals surface area contributed by atoms with E-state index >= 15 is 0 Å². The molecule has 3 heteroatoms. The van der Waals surface area contributed by atoms with Crippen molar-refractivity contribution in [2.45, 2.75) is 13.8 Å². The van der Waals surface area contributed by atoms with E-state index in [0.29, 0.717) is 5.71 Å². The van der Waals surface area contributed by atoms with Gasteiger partial charge in [0, 0.05) is 20.2 Å². The number of oxime groups is 1. The molecule has 0 spiro atoms. The summed E-state index contributed by atoms with van der Waals surface area (Å²) in [6, 6.07) is 12.6. The summed E-state index contributed by atoms with van der Waals surface area (Å²) in [6.07, 6.45) is 0. The van der Waals surface area contributed by atoms with Gasteiger partial charge >= 0.3 is 0 Å². The Labute approximate surface area is 109 Å². The second-order valence-electron chi connectivity index (χ2n) is 4.45. The summed E-state index contributed by atoms with van der Waals surface area (Å²) in [7, 11) is 0. The lowest BCUT2D eigenvalue weighted by Crippen LogP contribution is -1.94. The summed E-state index contributed by atoms with van der Waals surface area (Å²) >= 11 is 1.81. The lowest BCUT2D eigenvalue weighted by atomic mass is 10.0. The quantitative estimate of drug-likeness (QED) is 0.386. The summed E-state index contributed by atoms with van der Waals surface area (Å²) in [5.74, 6) is 0. The molecular formula is C15H13NOS. The number of fused-ring (bicyclic) bond motifs is 3. The van der Waals surface area contributed by atoms with Crippen LogP contribution in [0, 0.1) is 6.92 Å². The number of rotatable bonds is 1. The highest BCUT2D eigenvalue weighted by atomic mass is 32.1. The fourth-order valence-corrected chi connectivity index (χ4v) is 3.42. The number of aryl methyl sites for hydroxylation is 1. The molecule has 0 saturated heterocycles. The molecule has 0 aliphatic carbocycles. The Balaban J connectivity index is 2.44. The van der Waals surface area contributed by atoms with Crippen molar-refractivity contribution < 1.29 is 5.21 Å². The third-order valence-corrected chi connectivity index (χ3v) is 4.55. The van der Waals surface area contributed by atoms with Crippen LogP contribution in [0.1, 0.15) is 18.1 Å². The molecule has 1 aromatic heterocycles. The van der Waals surface area contributed by atoms with E-state index in [1.54, 1.807) is 0 Å². The van der Waals surface area contributed by atoms with Gasteiger partial charge in [0.15, 0.2) is 0 Å². The molecule has 0 saturated carbocycles. The van der Waals surface area contributed by atoms with Gasteiger partial charge in [0.2, 0.25) is 0 Å². The zero-order valence-corrected chi connectivity index (χ0v) is 11.1. The van der Waals surface area contributed by atoms with Crippen molar-refractivity contribution in [1.29, 1.82) is 0 Å². The van der Waals surface area contributed by atoms with Crippen LogP contribution in [0.4, 0.5) is 0 Å². The van der Waals surface area contributed by atoms with E-state index in [0.717, 1.165) is 5.56 Å². The molecule has 0 amide bonds. The Morgan fingerprint density at radius 2 is 1.94 bits per heavy atom. The van der Waals surface area contributed by atoms with Gasteiger partial charge < -0.3 is 5.21 Å². The predicted octanol–water partition coefficient (Wildman–Crippen LogP) is 4.56. The molecule has 3 rings (SSSR count). The molecule has 0 unspecified atom stereocenters. The van der Waals surface area contributed by atoms with Crippen LogP contribution in [0.25, 0.3) is 20.2 Å². The van der Waals surface area contributed by atoms with E-state index in [4.69, 9.17) is 5.21 Å². The number of benzene rings is 2. The number of hydrogen-bond donors (Lipinski definition) is 1. The van der Waals surface area contributed by atoms with Crippen molar-refractivity contribution in [1.82, 2.24) is 0 Å². The Morgan fingerprint density at radius 3 is 2.72 bits per heavy atom. The van der Waals surface area contributed by atoms with Gasteiger partial charge in [-0.05, 0) is 43.2 Å². The molecule has 2 aromatic carbocycles. The van der Waals surface area contributed by atoms with Crippen molar-refractivity contribution in [3.8, 4) is 0 Å². The van der Waals surface area contributed by atoms with Gasteiger partial charge in [0.25, 0.3) is 0 Å². The first-order chi connectivity index (χ1) is 8.70. The van der Waals surface area contributed by atoms with Gasteiger partial charge in [-0.2, -0.15) is 0 Å². The average molecular weight is 255 g/mol. The molecule has 2 nitrogen and oxygen atoms in total. The summed E-state index contributed by atoms with van der Waals surface area (Å²) in [5.41, 5.74) is 2.85. The van der Waals surface area contributed by atoms with Gasteiger partial charge in [-0.15, -0.1) is 11.3 Å². The van der Waals surface area contributed by atoms with E-state index in [-0.39, 0.29) is 0 Å². The van der Waals surface area contributed by atoms with Crippen LogP contribution in [0.5, 0.6) is 0 Å². The normalized spacial score (nSPS) is 12.4. The Morgan fingerprint density at radius 1 is 1.17 bits per heavy atom. The second-order valence-corrected chi connectivity index (χ2v) is 5.51. The predicted molar refractivity (Wildman–Crippen MR) is 78.1 cm³/mol. The van der Waals surface area contributed by atoms with Crippen LogP contribution in [0.3, 0.4) is 0 Å². The molecule has 0 radical (unpaired) electrons. The summed E-state index contributed by atoms with van der Waals surface area (Å²) < 4.78 is 2.61. The first-order valence-corrected chi connectivity index (χ1v) is 6.63. The molecule has 3 aromatic rings. The lowest BCUT2D eigenvalue weighted by molar-refractivity contribution is 0.319. The molecule has 18 heavy (non-hydrogen) atoms. The first kappa shape index (κ1) is 11.2. The largest absolute Gasteiger partial charge is 0.411 e. The number of hydrogen-bond acceptors (Lipinski definition) is 3. The summed E-state index contributed by atoms with van der Waals surface area (Å²) in [6.45, 7) is 3.92. The molecule has 0 aliphatic heterocycles. The van der Waals surface area contributed by atoms with Gasteiger partial charge in [0.05, 0.1) is 5.71 Å². The maximum Gasteiger partial charge on any atom is 0.0837 e. The third kappa shape index (κ3) is 1.59. The van der Waals surface area contributed by atoms with Crippen LogP contribution >= 0.6 is 11.3 Å². The molecule has 0 atom stereocenters. The Bertz CT molecular complexity index is 771. The van der Waals surface area contributed by atoms with Crippen LogP contribution in [0.15, 0.2) is 41.6 Å². The molecule has 0 bridgehead atoms. The second kappa shape index (κ2) is 4.10. The van der Waals surface area contributed by atoms with Crippen molar-refractivity contribution in [3.05, 3.63) is 47.5 Å². The summed E-state index contributed by atoms with van der Waals surface area (Å²) in [5, 5.41) is 14.7. The van der Waals surface area contributed by atoms with Crippen LogP contribution in [0.2, 0.25) is 0 Å². The van der Waals surface area contributed by atoms with Gasteiger partial charge in [-0.25, -0.2) is 0 Å². The van der Waals surface area contributed by atoms with Crippen molar-refractivity contribution >= 4 is 37.2 Å². The maximum atomic E-state index is 8.91. The molecule has 0 fully saturated rings. The summed E-state index contributed by atoms with van der Waals surface area (Å²) in [4.78, 5) is 0. The van der Waals surface area contributed by atoms with E-state index < -0.39 is 0 Å². The van der Waals surface area contributed by atoms with E-state index in [9.17, 15) is 0 Å². The molecule has 1 N–H and O–H groups in total. The van der Waals surface area contributed by atoms with Crippen molar-refractivity contribution in [2.24, 2.45) is 5.16 Å². The Kier molecular flexibility index (Phi) is 2.56. The topological polar surface area (TPSA) is 32.6 Å². The van der Waals surface area contributed by atoms with Crippen LogP contribution in [-0.2, 0) is 0 Å². The first-order valence-electron chi connectivity index (χ1n) is 5.81. The maximum absolute atomic E-state index is 8.91. The van der Waals surface area contributed by atoms with E-state index in [1.807, 2.05) is 18.3 Å². The standard InChI is InChI=1S/C15H13NOS/c1-9-7-11(10(2)16-17)8-13-12-5-3-4-6-14(12)18-15(9)13/h3-8,17H,1-2H3/b16-10+. The minimum atomic E-state index is 0.648.